The molecule has 2 rings (SSSR count). The molecule has 0 aliphatic rings. The Morgan fingerprint density at radius 1 is 1.11 bits per heavy atom. The zero-order valence-electron chi connectivity index (χ0n) is 10.2. The zero-order chi connectivity index (χ0) is 13.1. The van der Waals surface area contributed by atoms with E-state index in [1.807, 2.05) is 31.2 Å². The van der Waals surface area contributed by atoms with Crippen LogP contribution in [0.3, 0.4) is 0 Å². The summed E-state index contributed by atoms with van der Waals surface area (Å²) >= 11 is 11.9. The second-order valence-electron chi connectivity index (χ2n) is 3.85. The van der Waals surface area contributed by atoms with Crippen molar-refractivity contribution in [3.05, 3.63) is 63.6 Å². The average Bonchev–Trinajstić information content (AvgIpc) is 2.32. The van der Waals surface area contributed by atoms with Crippen LogP contribution in [0.1, 0.15) is 15.9 Å². The number of carbonyl (C=O) groups is 1. The number of aryl methyl sites for hydroxylation is 1. The minimum atomic E-state index is -0.331. The van der Waals surface area contributed by atoms with Crippen LogP contribution in [0.25, 0.3) is 0 Å². The molecule has 0 aliphatic heterocycles. The third-order valence-electron chi connectivity index (χ3n) is 2.43. The van der Waals surface area contributed by atoms with E-state index in [-0.39, 0.29) is 54.2 Å². The molecule has 0 atom stereocenters. The van der Waals surface area contributed by atoms with Gasteiger partial charge < -0.3 is 5.32 Å². The molecule has 0 fully saturated rings. The first-order valence-electron chi connectivity index (χ1n) is 5.31. The molecule has 0 heterocycles. The van der Waals surface area contributed by atoms with E-state index in [4.69, 9.17) is 23.2 Å². The fourth-order valence-corrected chi connectivity index (χ4v) is 2.04. The van der Waals surface area contributed by atoms with Crippen molar-refractivity contribution in [3.63, 3.8) is 0 Å². The fraction of sp³-hybridized carbons (Fsp3) is 0.0714. The minimum Gasteiger partial charge on any atom is -0.324 e. The molecule has 92 valence electrons. The third kappa shape index (κ3) is 4.29. The van der Waals surface area contributed by atoms with Gasteiger partial charge in [-0.3, -0.25) is 4.79 Å². The summed E-state index contributed by atoms with van der Waals surface area (Å²) in [5.74, 6) is -0.331. The van der Waals surface area contributed by atoms with E-state index in [1.54, 1.807) is 0 Å². The van der Waals surface area contributed by atoms with E-state index in [1.165, 1.54) is 12.1 Å². The smallest absolute Gasteiger partial charge is 0.324 e. The maximum atomic E-state index is 12.0. The third-order valence-corrected chi connectivity index (χ3v) is 3.03. The molecule has 2 aromatic carbocycles. The van der Waals surface area contributed by atoms with Crippen molar-refractivity contribution in [2.45, 2.75) is 6.92 Å². The van der Waals surface area contributed by atoms with Crippen molar-refractivity contribution in [1.82, 2.24) is 0 Å². The molecular formula is C14H10Cl2NOY+2. The molecule has 0 saturated heterocycles. The van der Waals surface area contributed by atoms with Crippen LogP contribution in [-0.2, 0) is 32.7 Å². The quantitative estimate of drug-likeness (QED) is 0.785. The predicted octanol–water partition coefficient (Wildman–Crippen LogP) is 4.35. The van der Waals surface area contributed by atoms with Crippen LogP contribution in [0.4, 0.5) is 5.69 Å². The number of halogens is 2. The van der Waals surface area contributed by atoms with Gasteiger partial charge in [-0.1, -0.05) is 27.7 Å². The number of benzene rings is 2. The number of anilines is 1. The number of hydrogen-bond acceptors (Lipinski definition) is 1. The molecule has 0 spiro atoms. The van der Waals surface area contributed by atoms with E-state index in [0.717, 1.165) is 5.56 Å². The van der Waals surface area contributed by atoms with E-state index in [9.17, 15) is 4.79 Å². The monoisotopic (exact) mass is 367 g/mol. The summed E-state index contributed by atoms with van der Waals surface area (Å²) in [4.78, 5) is 12.0. The molecule has 0 aromatic heterocycles. The van der Waals surface area contributed by atoms with Gasteiger partial charge in [-0.05, 0) is 24.6 Å². The number of amides is 1. The predicted molar refractivity (Wildman–Crippen MR) is 74.4 cm³/mol. The van der Waals surface area contributed by atoms with Gasteiger partial charge in [0.15, 0.2) is 0 Å². The summed E-state index contributed by atoms with van der Waals surface area (Å²) in [6.07, 6.45) is 0. The van der Waals surface area contributed by atoms with Gasteiger partial charge in [-0.25, -0.2) is 0 Å². The Balaban J connectivity index is 0.00000180. The summed E-state index contributed by atoms with van der Waals surface area (Å²) in [7, 11) is 0. The average molecular weight is 368 g/mol. The molecule has 1 N–H and O–H groups in total. The summed E-state index contributed by atoms with van der Waals surface area (Å²) in [5.41, 5.74) is 2.08. The maximum absolute atomic E-state index is 12.0. The molecule has 0 bridgehead atoms. The molecule has 1 amide bonds. The van der Waals surface area contributed by atoms with Crippen molar-refractivity contribution >= 4 is 34.8 Å². The Hall–Kier alpha value is -0.406. The van der Waals surface area contributed by atoms with Crippen LogP contribution < -0.4 is 5.32 Å². The summed E-state index contributed by atoms with van der Waals surface area (Å²) in [6, 6.07) is 13.3. The van der Waals surface area contributed by atoms with Gasteiger partial charge in [0, 0.05) is 5.69 Å². The number of nitrogens with one attached hydrogen (secondary N) is 1. The normalized spacial score (nSPS) is 9.63. The molecular weight excluding hydrogens is 358 g/mol. The molecule has 19 heavy (non-hydrogen) atoms. The SMILES string of the molecule is Cc1ccc(NC(=O)c2c(Cl)c[c-]cc2Cl)cc1.[Y+3]. The number of rotatable bonds is 2. The zero-order valence-corrected chi connectivity index (χ0v) is 14.6. The number of carbonyl (C=O) groups excluding carboxylic acids is 1. The van der Waals surface area contributed by atoms with Crippen molar-refractivity contribution in [2.24, 2.45) is 0 Å². The van der Waals surface area contributed by atoms with Crippen LogP contribution in [0, 0.1) is 13.0 Å². The first-order chi connectivity index (χ1) is 8.58. The molecule has 0 unspecified atom stereocenters. The van der Waals surface area contributed by atoms with Crippen molar-refractivity contribution < 1.29 is 37.5 Å². The molecule has 0 radical (unpaired) electrons. The van der Waals surface area contributed by atoms with E-state index >= 15 is 0 Å². The van der Waals surface area contributed by atoms with Crippen molar-refractivity contribution in [1.29, 1.82) is 0 Å². The van der Waals surface area contributed by atoms with E-state index in [0.29, 0.717) is 5.69 Å². The first kappa shape index (κ1) is 16.6. The first-order valence-corrected chi connectivity index (χ1v) is 6.06. The van der Waals surface area contributed by atoms with Crippen LogP contribution in [0.5, 0.6) is 0 Å². The van der Waals surface area contributed by atoms with Crippen molar-refractivity contribution in [3.8, 4) is 0 Å². The van der Waals surface area contributed by atoms with Crippen LogP contribution in [0.2, 0.25) is 10.0 Å². The van der Waals surface area contributed by atoms with Gasteiger partial charge >= 0.3 is 32.7 Å². The molecule has 0 aliphatic carbocycles. The second kappa shape index (κ2) is 7.40. The van der Waals surface area contributed by atoms with Crippen LogP contribution >= 0.6 is 23.2 Å². The summed E-state index contributed by atoms with van der Waals surface area (Å²) < 4.78 is 0. The Morgan fingerprint density at radius 2 is 1.63 bits per heavy atom. The van der Waals surface area contributed by atoms with Gasteiger partial charge in [0.2, 0.25) is 5.91 Å². The van der Waals surface area contributed by atoms with Crippen LogP contribution in [0.15, 0.2) is 36.4 Å². The molecule has 2 nitrogen and oxygen atoms in total. The largest absolute Gasteiger partial charge is 3.00 e. The van der Waals surface area contributed by atoms with Gasteiger partial charge in [-0.2, -0.15) is 41.4 Å². The van der Waals surface area contributed by atoms with Gasteiger partial charge in [-0.15, -0.1) is 0 Å². The topological polar surface area (TPSA) is 29.1 Å². The Morgan fingerprint density at radius 3 is 2.16 bits per heavy atom. The van der Waals surface area contributed by atoms with E-state index in [2.05, 4.69) is 11.4 Å². The number of hydrogen-bond donors (Lipinski definition) is 1. The summed E-state index contributed by atoms with van der Waals surface area (Å²) in [5, 5.41) is 3.31. The standard InChI is InChI=1S/C14H10Cl2NO.Y/c1-9-5-7-10(8-6-9)17-14(18)13-11(15)3-2-4-12(13)16;/h3-8H,1H3,(H,17,18);/q-1;+3. The maximum Gasteiger partial charge on any atom is 3.00 e. The van der Waals surface area contributed by atoms with Gasteiger partial charge in [0.05, 0.1) is 0 Å². The van der Waals surface area contributed by atoms with Gasteiger partial charge in [0.1, 0.15) is 0 Å². The Labute approximate surface area is 147 Å². The Bertz CT molecular complexity index is 564. The molecule has 0 saturated carbocycles. The van der Waals surface area contributed by atoms with Gasteiger partial charge in [0.25, 0.3) is 0 Å². The summed E-state index contributed by atoms with van der Waals surface area (Å²) in [6.45, 7) is 1.98. The van der Waals surface area contributed by atoms with Crippen molar-refractivity contribution in [2.75, 3.05) is 5.32 Å². The Kier molecular flexibility index (Phi) is 6.48. The fourth-order valence-electron chi connectivity index (χ4n) is 1.49. The minimum absolute atomic E-state index is 0. The van der Waals surface area contributed by atoms with Crippen LogP contribution in [-0.4, -0.2) is 5.91 Å². The van der Waals surface area contributed by atoms with E-state index < -0.39 is 0 Å². The second-order valence-corrected chi connectivity index (χ2v) is 4.66. The molecule has 2 aromatic rings. The molecule has 5 heteroatoms.